The number of carbonyl (C=O) groups is 1. The highest BCUT2D eigenvalue weighted by molar-refractivity contribution is 7.19. The van der Waals surface area contributed by atoms with Crippen LogP contribution in [0.15, 0.2) is 24.5 Å². The zero-order chi connectivity index (χ0) is 17.1. The summed E-state index contributed by atoms with van der Waals surface area (Å²) < 4.78 is 5.43. The molecule has 6 nitrogen and oxygen atoms in total. The summed E-state index contributed by atoms with van der Waals surface area (Å²) in [7, 11) is 0. The van der Waals surface area contributed by atoms with Crippen LogP contribution in [0.3, 0.4) is 0 Å². The number of nitrogens with zero attached hydrogens (tertiary/aromatic N) is 3. The number of anilines is 1. The van der Waals surface area contributed by atoms with Gasteiger partial charge < -0.3 is 15.0 Å². The topological polar surface area (TPSA) is 67.4 Å². The van der Waals surface area contributed by atoms with E-state index in [0.29, 0.717) is 18.9 Å². The fourth-order valence-corrected chi connectivity index (χ4v) is 4.06. The standard InChI is InChI=1S/C18H22N4O2S/c23-16(11-13-1-2-13)20-12-15-17(14-3-5-19-6-4-14)25-18(21-15)22-7-9-24-10-8-22/h3-6,13H,1-2,7-12H2,(H,20,23). The number of hydrogen-bond donors (Lipinski definition) is 1. The van der Waals surface area contributed by atoms with Gasteiger partial charge in [0.05, 0.1) is 30.3 Å². The average molecular weight is 358 g/mol. The minimum Gasteiger partial charge on any atom is -0.378 e. The molecule has 25 heavy (non-hydrogen) atoms. The molecular formula is C18H22N4O2S. The van der Waals surface area contributed by atoms with Crippen LogP contribution in [0.4, 0.5) is 5.13 Å². The number of thiazole rings is 1. The second kappa shape index (κ2) is 7.49. The van der Waals surface area contributed by atoms with E-state index in [0.717, 1.165) is 47.6 Å². The zero-order valence-electron chi connectivity index (χ0n) is 14.1. The molecule has 0 bridgehead atoms. The van der Waals surface area contributed by atoms with E-state index in [-0.39, 0.29) is 5.91 Å². The molecule has 1 saturated carbocycles. The molecule has 132 valence electrons. The van der Waals surface area contributed by atoms with Crippen LogP contribution in [0.25, 0.3) is 10.4 Å². The van der Waals surface area contributed by atoms with Gasteiger partial charge in [-0.1, -0.05) is 11.3 Å². The van der Waals surface area contributed by atoms with Crippen LogP contribution in [0.2, 0.25) is 0 Å². The van der Waals surface area contributed by atoms with Crippen molar-refractivity contribution in [2.24, 2.45) is 5.92 Å². The molecule has 1 aliphatic carbocycles. The normalized spacial score (nSPS) is 17.5. The number of ether oxygens (including phenoxy) is 1. The van der Waals surface area contributed by atoms with Crippen LogP contribution in [-0.4, -0.2) is 42.2 Å². The van der Waals surface area contributed by atoms with Crippen molar-refractivity contribution in [3.63, 3.8) is 0 Å². The smallest absolute Gasteiger partial charge is 0.220 e. The molecule has 0 unspecified atom stereocenters. The Hall–Kier alpha value is -1.99. The van der Waals surface area contributed by atoms with Gasteiger partial charge in [0.1, 0.15) is 0 Å². The lowest BCUT2D eigenvalue weighted by atomic mass is 10.2. The Balaban J connectivity index is 1.54. The third-order valence-electron chi connectivity index (χ3n) is 4.53. The van der Waals surface area contributed by atoms with Crippen molar-refractivity contribution in [1.82, 2.24) is 15.3 Å². The lowest BCUT2D eigenvalue weighted by Gasteiger charge is -2.26. The van der Waals surface area contributed by atoms with Gasteiger partial charge in [0.15, 0.2) is 5.13 Å². The lowest BCUT2D eigenvalue weighted by molar-refractivity contribution is -0.121. The van der Waals surface area contributed by atoms with Crippen molar-refractivity contribution in [3.05, 3.63) is 30.2 Å². The van der Waals surface area contributed by atoms with E-state index in [1.54, 1.807) is 23.7 Å². The van der Waals surface area contributed by atoms with Gasteiger partial charge in [0.2, 0.25) is 5.91 Å². The lowest BCUT2D eigenvalue weighted by Crippen LogP contribution is -2.36. The van der Waals surface area contributed by atoms with E-state index in [1.807, 2.05) is 12.1 Å². The highest BCUT2D eigenvalue weighted by atomic mass is 32.1. The van der Waals surface area contributed by atoms with Gasteiger partial charge in [-0.25, -0.2) is 4.98 Å². The van der Waals surface area contributed by atoms with Crippen molar-refractivity contribution in [1.29, 1.82) is 0 Å². The number of amides is 1. The summed E-state index contributed by atoms with van der Waals surface area (Å²) in [6, 6.07) is 3.98. The van der Waals surface area contributed by atoms with Gasteiger partial charge in [-0.3, -0.25) is 9.78 Å². The Bertz CT molecular complexity index is 724. The van der Waals surface area contributed by atoms with Gasteiger partial charge in [0, 0.05) is 31.9 Å². The van der Waals surface area contributed by atoms with Gasteiger partial charge >= 0.3 is 0 Å². The summed E-state index contributed by atoms with van der Waals surface area (Å²) in [5.74, 6) is 0.725. The third-order valence-corrected chi connectivity index (χ3v) is 5.74. The maximum atomic E-state index is 12.1. The third kappa shape index (κ3) is 4.16. The molecule has 0 atom stereocenters. The summed E-state index contributed by atoms with van der Waals surface area (Å²) in [5.41, 5.74) is 2.03. The number of carbonyl (C=O) groups excluding carboxylic acids is 1. The maximum absolute atomic E-state index is 12.1. The molecule has 1 aliphatic heterocycles. The van der Waals surface area contributed by atoms with E-state index in [4.69, 9.17) is 9.72 Å². The van der Waals surface area contributed by atoms with Crippen molar-refractivity contribution in [3.8, 4) is 10.4 Å². The molecule has 1 saturated heterocycles. The second-order valence-corrected chi connectivity index (χ2v) is 7.51. The fraction of sp³-hybridized carbons (Fsp3) is 0.500. The SMILES string of the molecule is O=C(CC1CC1)NCc1nc(N2CCOCC2)sc1-c1ccncc1. The van der Waals surface area contributed by atoms with Crippen LogP contribution in [0.1, 0.15) is 25.0 Å². The molecule has 2 aromatic heterocycles. The number of pyridine rings is 1. The Morgan fingerprint density at radius 2 is 2.04 bits per heavy atom. The number of morpholine rings is 1. The predicted octanol–water partition coefficient (Wildman–Crippen LogP) is 2.46. The first-order chi connectivity index (χ1) is 12.3. The summed E-state index contributed by atoms with van der Waals surface area (Å²) in [6.07, 6.45) is 6.60. The number of aromatic nitrogens is 2. The fourth-order valence-electron chi connectivity index (χ4n) is 2.92. The van der Waals surface area contributed by atoms with Crippen LogP contribution in [-0.2, 0) is 16.1 Å². The summed E-state index contributed by atoms with van der Waals surface area (Å²) in [5, 5.41) is 4.04. The molecular weight excluding hydrogens is 336 g/mol. The largest absolute Gasteiger partial charge is 0.378 e. The molecule has 2 fully saturated rings. The highest BCUT2D eigenvalue weighted by Crippen LogP contribution is 2.35. The van der Waals surface area contributed by atoms with E-state index in [1.165, 1.54) is 12.8 Å². The van der Waals surface area contributed by atoms with Gasteiger partial charge in [-0.2, -0.15) is 0 Å². The first-order valence-corrected chi connectivity index (χ1v) is 9.61. The Labute approximate surface area is 151 Å². The summed E-state index contributed by atoms with van der Waals surface area (Å²) >= 11 is 1.68. The van der Waals surface area contributed by atoms with Crippen molar-refractivity contribution < 1.29 is 9.53 Å². The molecule has 2 aromatic rings. The number of hydrogen-bond acceptors (Lipinski definition) is 6. The number of nitrogens with one attached hydrogen (secondary N) is 1. The molecule has 2 aliphatic rings. The highest BCUT2D eigenvalue weighted by Gasteiger charge is 2.25. The quantitative estimate of drug-likeness (QED) is 0.859. The molecule has 7 heteroatoms. The van der Waals surface area contributed by atoms with Crippen LogP contribution >= 0.6 is 11.3 Å². The van der Waals surface area contributed by atoms with Gasteiger partial charge in [-0.05, 0) is 36.5 Å². The Kier molecular flexibility index (Phi) is 4.94. The number of rotatable bonds is 6. The molecule has 3 heterocycles. The second-order valence-electron chi connectivity index (χ2n) is 6.53. The van der Waals surface area contributed by atoms with Crippen LogP contribution in [0.5, 0.6) is 0 Å². The first-order valence-electron chi connectivity index (χ1n) is 8.79. The Morgan fingerprint density at radius 1 is 1.28 bits per heavy atom. The average Bonchev–Trinajstić information content (AvgIpc) is 3.37. The molecule has 1 N–H and O–H groups in total. The zero-order valence-corrected chi connectivity index (χ0v) is 14.9. The summed E-state index contributed by atoms with van der Waals surface area (Å²) in [6.45, 7) is 3.66. The molecule has 4 rings (SSSR count). The molecule has 0 aromatic carbocycles. The van der Waals surface area contributed by atoms with Gasteiger partial charge in [-0.15, -0.1) is 0 Å². The molecule has 0 radical (unpaired) electrons. The monoisotopic (exact) mass is 358 g/mol. The van der Waals surface area contributed by atoms with E-state index < -0.39 is 0 Å². The molecule has 1 amide bonds. The first kappa shape index (κ1) is 16.5. The molecule has 0 spiro atoms. The predicted molar refractivity (Wildman–Crippen MR) is 97.6 cm³/mol. The minimum atomic E-state index is 0.129. The van der Waals surface area contributed by atoms with E-state index in [2.05, 4.69) is 15.2 Å². The summed E-state index contributed by atoms with van der Waals surface area (Å²) in [4.78, 5) is 24.3. The van der Waals surface area contributed by atoms with Crippen molar-refractivity contribution in [2.75, 3.05) is 31.2 Å². The van der Waals surface area contributed by atoms with Crippen LogP contribution in [0, 0.1) is 5.92 Å². The maximum Gasteiger partial charge on any atom is 0.220 e. The van der Waals surface area contributed by atoms with Gasteiger partial charge in [0.25, 0.3) is 0 Å². The van der Waals surface area contributed by atoms with Crippen molar-refractivity contribution in [2.45, 2.75) is 25.8 Å². The van der Waals surface area contributed by atoms with E-state index in [9.17, 15) is 4.79 Å². The van der Waals surface area contributed by atoms with E-state index >= 15 is 0 Å². The minimum absolute atomic E-state index is 0.129. The Morgan fingerprint density at radius 3 is 2.76 bits per heavy atom. The van der Waals surface area contributed by atoms with Crippen LogP contribution < -0.4 is 10.2 Å². The van der Waals surface area contributed by atoms with Crippen molar-refractivity contribution >= 4 is 22.4 Å².